The maximum absolute atomic E-state index is 12.7. The molecule has 0 atom stereocenters. The second-order valence-electron chi connectivity index (χ2n) is 8.92. The van der Waals surface area contributed by atoms with Crippen LogP contribution in [0.5, 0.6) is 0 Å². The van der Waals surface area contributed by atoms with Gasteiger partial charge in [-0.3, -0.25) is 15.0 Å². The van der Waals surface area contributed by atoms with Crippen molar-refractivity contribution >= 4 is 17.8 Å². The second-order valence-corrected chi connectivity index (χ2v) is 8.92. The molecule has 1 saturated carbocycles. The molecule has 8 nitrogen and oxygen atoms in total. The molecule has 4 amide bonds. The summed E-state index contributed by atoms with van der Waals surface area (Å²) in [6.45, 7) is 5.51. The molecule has 168 valence electrons. The fourth-order valence-corrected chi connectivity index (χ4v) is 4.82. The van der Waals surface area contributed by atoms with E-state index in [2.05, 4.69) is 44.8 Å². The first-order valence-electron chi connectivity index (χ1n) is 11.5. The predicted molar refractivity (Wildman–Crippen MR) is 117 cm³/mol. The summed E-state index contributed by atoms with van der Waals surface area (Å²) < 4.78 is 0. The number of hydrogen-bond acceptors (Lipinski definition) is 5. The largest absolute Gasteiger partial charge is 0.344 e. The zero-order valence-electron chi connectivity index (χ0n) is 18.1. The van der Waals surface area contributed by atoms with E-state index < -0.39 is 11.6 Å². The molecule has 3 fully saturated rings. The van der Waals surface area contributed by atoms with Crippen molar-refractivity contribution < 1.29 is 14.4 Å². The molecule has 1 aromatic rings. The maximum Gasteiger partial charge on any atom is 0.344 e. The van der Waals surface area contributed by atoms with Gasteiger partial charge in [0.25, 0.3) is 5.91 Å². The van der Waals surface area contributed by atoms with Gasteiger partial charge in [-0.05, 0) is 24.8 Å². The summed E-state index contributed by atoms with van der Waals surface area (Å²) in [5, 5.41) is 3.71. The molecule has 31 heavy (non-hydrogen) atoms. The number of urea groups is 1. The number of nitrogens with one attached hydrogen (secondary N) is 2. The van der Waals surface area contributed by atoms with E-state index in [1.807, 2.05) is 6.07 Å². The van der Waals surface area contributed by atoms with Crippen LogP contribution in [0.4, 0.5) is 4.79 Å². The van der Waals surface area contributed by atoms with Crippen LogP contribution in [-0.4, -0.2) is 77.5 Å². The third-order valence-corrected chi connectivity index (χ3v) is 6.78. The van der Waals surface area contributed by atoms with Crippen LogP contribution in [0.15, 0.2) is 30.3 Å². The fraction of sp³-hybridized carbons (Fsp3) is 0.609. The van der Waals surface area contributed by atoms with Crippen LogP contribution < -0.4 is 10.7 Å². The summed E-state index contributed by atoms with van der Waals surface area (Å²) in [6.07, 6.45) is 5.55. The Bertz CT molecular complexity index is 786. The highest BCUT2D eigenvalue weighted by molar-refractivity contribution is 6.08. The third-order valence-electron chi connectivity index (χ3n) is 6.78. The van der Waals surface area contributed by atoms with Crippen molar-refractivity contribution in [1.29, 1.82) is 0 Å². The lowest BCUT2D eigenvalue weighted by Crippen LogP contribution is -2.51. The van der Waals surface area contributed by atoms with Gasteiger partial charge in [-0.15, -0.1) is 0 Å². The first kappa shape index (κ1) is 21.8. The summed E-state index contributed by atoms with van der Waals surface area (Å²) in [5.41, 5.74) is 3.08. The highest BCUT2D eigenvalue weighted by atomic mass is 16.2. The normalized spacial score (nSPS) is 22.0. The number of carbonyl (C=O) groups is 3. The van der Waals surface area contributed by atoms with Crippen LogP contribution in [0.2, 0.25) is 0 Å². The first-order valence-corrected chi connectivity index (χ1v) is 11.5. The molecule has 0 aromatic heterocycles. The minimum atomic E-state index is -0.807. The van der Waals surface area contributed by atoms with Crippen molar-refractivity contribution in [3.8, 4) is 0 Å². The molecule has 3 aliphatic rings. The van der Waals surface area contributed by atoms with Crippen molar-refractivity contribution in [1.82, 2.24) is 25.6 Å². The monoisotopic (exact) mass is 427 g/mol. The number of carbonyl (C=O) groups excluding carboxylic acids is 3. The van der Waals surface area contributed by atoms with E-state index in [4.69, 9.17) is 0 Å². The Balaban J connectivity index is 1.16. The highest BCUT2D eigenvalue weighted by Gasteiger charge is 2.52. The van der Waals surface area contributed by atoms with Crippen molar-refractivity contribution in [3.63, 3.8) is 0 Å². The lowest BCUT2D eigenvalue weighted by atomic mass is 9.82. The van der Waals surface area contributed by atoms with Crippen LogP contribution in [0.25, 0.3) is 0 Å². The molecule has 8 heteroatoms. The number of amides is 4. The zero-order chi connectivity index (χ0) is 21.7. The zero-order valence-corrected chi connectivity index (χ0v) is 18.1. The summed E-state index contributed by atoms with van der Waals surface area (Å²) >= 11 is 0. The molecule has 0 bridgehead atoms. The van der Waals surface area contributed by atoms with E-state index in [1.165, 1.54) is 5.56 Å². The highest BCUT2D eigenvalue weighted by Crippen LogP contribution is 2.32. The molecule has 1 spiro atoms. The van der Waals surface area contributed by atoms with E-state index in [9.17, 15) is 14.4 Å². The summed E-state index contributed by atoms with van der Waals surface area (Å²) in [7, 11) is 0. The number of nitrogens with zero attached hydrogens (tertiary/aromatic N) is 3. The Kier molecular flexibility index (Phi) is 6.87. The van der Waals surface area contributed by atoms with Gasteiger partial charge in [0, 0.05) is 45.7 Å². The fourth-order valence-electron chi connectivity index (χ4n) is 4.82. The number of hydrogen-bond donors (Lipinski definition) is 2. The minimum absolute atomic E-state index is 0.272. The van der Waals surface area contributed by atoms with Gasteiger partial charge in [-0.1, -0.05) is 49.6 Å². The number of rotatable bonds is 7. The topological polar surface area (TPSA) is 85.0 Å². The average molecular weight is 428 g/mol. The quantitative estimate of drug-likeness (QED) is 0.645. The van der Waals surface area contributed by atoms with Gasteiger partial charge in [0.1, 0.15) is 5.54 Å². The Morgan fingerprint density at radius 3 is 2.26 bits per heavy atom. The molecule has 1 aliphatic carbocycles. The van der Waals surface area contributed by atoms with E-state index in [-0.39, 0.29) is 18.2 Å². The summed E-state index contributed by atoms with van der Waals surface area (Å²) in [5.74, 6) is -0.597. The molecule has 2 heterocycles. The molecule has 2 saturated heterocycles. The van der Waals surface area contributed by atoms with Crippen LogP contribution >= 0.6 is 0 Å². The molecular weight excluding hydrogens is 394 g/mol. The predicted octanol–water partition coefficient (Wildman–Crippen LogP) is 1.52. The van der Waals surface area contributed by atoms with Gasteiger partial charge in [0.05, 0.1) is 0 Å². The number of benzene rings is 1. The molecule has 4 rings (SSSR count). The first-order chi connectivity index (χ1) is 15.1. The van der Waals surface area contributed by atoms with Crippen LogP contribution in [-0.2, 0) is 16.0 Å². The Morgan fingerprint density at radius 1 is 0.935 bits per heavy atom. The van der Waals surface area contributed by atoms with Gasteiger partial charge in [-0.2, -0.15) is 5.01 Å². The molecule has 2 N–H and O–H groups in total. The van der Waals surface area contributed by atoms with Gasteiger partial charge < -0.3 is 15.1 Å². The van der Waals surface area contributed by atoms with E-state index in [0.717, 1.165) is 63.4 Å². The minimum Gasteiger partial charge on any atom is -0.322 e. The van der Waals surface area contributed by atoms with Crippen molar-refractivity contribution in [3.05, 3.63) is 35.9 Å². The SMILES string of the molecule is O=C(CCN1CCN(CCc2ccccc2)CC1)NN1C(=O)NC2(CCCCC2)C1=O. The van der Waals surface area contributed by atoms with Gasteiger partial charge in [0.15, 0.2) is 0 Å². The Hall–Kier alpha value is -2.45. The summed E-state index contributed by atoms with van der Waals surface area (Å²) in [4.78, 5) is 42.1. The van der Waals surface area contributed by atoms with Crippen LogP contribution in [0.1, 0.15) is 44.1 Å². The Labute approximate surface area is 183 Å². The van der Waals surface area contributed by atoms with Crippen LogP contribution in [0, 0.1) is 0 Å². The molecular formula is C23H33N5O3. The molecule has 0 radical (unpaired) electrons. The average Bonchev–Trinajstić information content (AvgIpc) is 3.02. The van der Waals surface area contributed by atoms with E-state index in [0.29, 0.717) is 19.4 Å². The third kappa shape index (κ3) is 5.25. The Morgan fingerprint density at radius 2 is 1.58 bits per heavy atom. The lowest BCUT2D eigenvalue weighted by molar-refractivity contribution is -0.140. The van der Waals surface area contributed by atoms with Gasteiger partial charge in [-0.25, -0.2) is 4.79 Å². The molecule has 2 aliphatic heterocycles. The van der Waals surface area contributed by atoms with E-state index >= 15 is 0 Å². The second kappa shape index (κ2) is 9.78. The van der Waals surface area contributed by atoms with Crippen LogP contribution in [0.3, 0.4) is 0 Å². The van der Waals surface area contributed by atoms with Crippen molar-refractivity contribution in [2.24, 2.45) is 0 Å². The van der Waals surface area contributed by atoms with Crippen molar-refractivity contribution in [2.45, 2.75) is 50.5 Å². The summed E-state index contributed by atoms with van der Waals surface area (Å²) in [6, 6.07) is 10.0. The maximum atomic E-state index is 12.7. The molecule has 0 unspecified atom stereocenters. The van der Waals surface area contributed by atoms with E-state index in [1.54, 1.807) is 0 Å². The number of hydrazine groups is 1. The molecule has 1 aromatic carbocycles. The lowest BCUT2D eigenvalue weighted by Gasteiger charge is -2.34. The van der Waals surface area contributed by atoms with Gasteiger partial charge in [0.2, 0.25) is 5.91 Å². The van der Waals surface area contributed by atoms with Crippen molar-refractivity contribution in [2.75, 3.05) is 39.3 Å². The smallest absolute Gasteiger partial charge is 0.322 e. The standard InChI is InChI=1S/C23H33N5O3/c29-20(25-28-21(30)23(24-22(28)31)11-5-2-6-12-23)10-14-27-17-15-26(16-18-27)13-9-19-7-3-1-4-8-19/h1,3-4,7-8H,2,5-6,9-18H2,(H,24,31)(H,25,29). The number of piperazine rings is 1. The van der Waals surface area contributed by atoms with Gasteiger partial charge >= 0.3 is 6.03 Å². The number of imide groups is 1.